The number of alkyl halides is 1. The number of hydrogen-bond donors (Lipinski definition) is 0. The lowest BCUT2D eigenvalue weighted by molar-refractivity contribution is 0.0511. The first-order valence-corrected chi connectivity index (χ1v) is 7.81. The van der Waals surface area contributed by atoms with Crippen LogP contribution in [0.3, 0.4) is 0 Å². The average molecular weight is 327 g/mol. The topological polar surface area (TPSA) is 18.5 Å². The first-order chi connectivity index (χ1) is 8.95. The molecule has 1 aliphatic rings. The molecule has 1 fully saturated rings. The van der Waals surface area contributed by atoms with Gasteiger partial charge in [0, 0.05) is 10.7 Å². The van der Waals surface area contributed by atoms with Crippen LogP contribution in [0.2, 0.25) is 0 Å². The summed E-state index contributed by atoms with van der Waals surface area (Å²) in [4.78, 5) is 0.327. The van der Waals surface area contributed by atoms with E-state index in [0.717, 1.165) is 5.75 Å². The third-order valence-corrected chi connectivity index (χ3v) is 5.53. The number of rotatable bonds is 3. The van der Waals surface area contributed by atoms with Crippen LogP contribution in [-0.4, -0.2) is 19.3 Å². The van der Waals surface area contributed by atoms with Gasteiger partial charge in [-0.1, -0.05) is 28.9 Å². The van der Waals surface area contributed by atoms with Crippen LogP contribution in [0.15, 0.2) is 18.2 Å². The normalized spacial score (nSPS) is 32.3. The van der Waals surface area contributed by atoms with Crippen molar-refractivity contribution in [2.75, 3.05) is 7.11 Å². The summed E-state index contributed by atoms with van der Waals surface area (Å²) in [6, 6.07) is 6.29. The maximum atomic E-state index is 5.96. The van der Waals surface area contributed by atoms with Crippen molar-refractivity contribution in [2.45, 2.75) is 44.7 Å². The van der Waals surface area contributed by atoms with E-state index in [4.69, 9.17) is 9.47 Å². The van der Waals surface area contributed by atoms with E-state index in [1.54, 1.807) is 7.11 Å². The summed E-state index contributed by atoms with van der Waals surface area (Å²) in [5, 5.41) is 0. The van der Waals surface area contributed by atoms with Gasteiger partial charge in [0.15, 0.2) is 0 Å². The van der Waals surface area contributed by atoms with Gasteiger partial charge in [-0.05, 0) is 49.9 Å². The Morgan fingerprint density at radius 3 is 2.37 bits per heavy atom. The molecule has 5 unspecified atom stereocenters. The van der Waals surface area contributed by atoms with Crippen LogP contribution in [0.5, 0.6) is 5.75 Å². The summed E-state index contributed by atoms with van der Waals surface area (Å²) in [5.41, 5.74) is 2.60. The third kappa shape index (κ3) is 2.82. The van der Waals surface area contributed by atoms with Crippen molar-refractivity contribution in [3.63, 3.8) is 0 Å². The minimum Gasteiger partial charge on any atom is -0.497 e. The molecule has 0 N–H and O–H groups in total. The first kappa shape index (κ1) is 14.9. The van der Waals surface area contributed by atoms with Crippen LogP contribution in [0.4, 0.5) is 0 Å². The number of hydrogen-bond acceptors (Lipinski definition) is 2. The van der Waals surface area contributed by atoms with E-state index in [1.165, 1.54) is 11.1 Å². The second-order valence-corrected chi connectivity index (χ2v) is 6.59. The van der Waals surface area contributed by atoms with Gasteiger partial charge < -0.3 is 9.47 Å². The molecular weight excluding hydrogens is 304 g/mol. The molecule has 1 aromatic rings. The Kier molecular flexibility index (Phi) is 4.57. The van der Waals surface area contributed by atoms with Gasteiger partial charge in [-0.3, -0.25) is 0 Å². The highest BCUT2D eigenvalue weighted by molar-refractivity contribution is 9.09. The fourth-order valence-corrected chi connectivity index (χ4v) is 4.52. The van der Waals surface area contributed by atoms with Crippen molar-refractivity contribution in [2.24, 2.45) is 11.8 Å². The van der Waals surface area contributed by atoms with Crippen molar-refractivity contribution >= 4 is 15.9 Å². The molecule has 0 spiro atoms. The number of ether oxygens (including phenoxy) is 2. The Morgan fingerprint density at radius 2 is 1.89 bits per heavy atom. The lowest BCUT2D eigenvalue weighted by Crippen LogP contribution is -2.22. The Labute approximate surface area is 124 Å². The van der Waals surface area contributed by atoms with Crippen LogP contribution >= 0.6 is 15.9 Å². The van der Waals surface area contributed by atoms with Gasteiger partial charge in [0.1, 0.15) is 5.75 Å². The monoisotopic (exact) mass is 326 g/mol. The maximum Gasteiger partial charge on any atom is 0.119 e. The zero-order valence-electron chi connectivity index (χ0n) is 12.3. The predicted molar refractivity (Wildman–Crippen MR) is 82.1 cm³/mol. The van der Waals surface area contributed by atoms with Crippen molar-refractivity contribution in [1.29, 1.82) is 0 Å². The standard InChI is InChI=1S/C16H23BrO2/c1-9-8-13(18-5)6-7-14(9)16(17)15-10(2)11(3)19-12(15)4/h6-8,10-12,15-16H,1-5H3. The molecule has 1 aliphatic heterocycles. The minimum absolute atomic E-state index is 0.288. The highest BCUT2D eigenvalue weighted by Gasteiger charge is 2.41. The van der Waals surface area contributed by atoms with Gasteiger partial charge in [0.05, 0.1) is 19.3 Å². The zero-order chi connectivity index (χ0) is 14.2. The molecule has 1 saturated heterocycles. The van der Waals surface area contributed by atoms with Gasteiger partial charge in [-0.15, -0.1) is 0 Å². The molecule has 19 heavy (non-hydrogen) atoms. The fraction of sp³-hybridized carbons (Fsp3) is 0.625. The molecule has 0 aromatic heterocycles. The Morgan fingerprint density at radius 1 is 1.21 bits per heavy atom. The molecule has 5 atom stereocenters. The number of benzene rings is 1. The van der Waals surface area contributed by atoms with E-state index in [2.05, 4.69) is 55.8 Å². The van der Waals surface area contributed by atoms with Gasteiger partial charge in [0.2, 0.25) is 0 Å². The number of methoxy groups -OCH3 is 1. The molecule has 1 heterocycles. The van der Waals surface area contributed by atoms with Crippen LogP contribution in [0.25, 0.3) is 0 Å². The predicted octanol–water partition coefficient (Wildman–Crippen LogP) is 4.50. The fourth-order valence-electron chi connectivity index (χ4n) is 3.09. The number of halogens is 1. The summed E-state index contributed by atoms with van der Waals surface area (Å²) < 4.78 is 11.2. The summed E-state index contributed by atoms with van der Waals surface area (Å²) in [6.07, 6.45) is 0.620. The van der Waals surface area contributed by atoms with E-state index in [1.807, 2.05) is 6.07 Å². The zero-order valence-corrected chi connectivity index (χ0v) is 13.9. The van der Waals surface area contributed by atoms with Crippen molar-refractivity contribution in [3.05, 3.63) is 29.3 Å². The highest BCUT2D eigenvalue weighted by Crippen LogP contribution is 2.46. The lowest BCUT2D eigenvalue weighted by Gasteiger charge is -2.26. The molecule has 2 rings (SSSR count). The molecule has 0 bridgehead atoms. The molecule has 0 saturated carbocycles. The quantitative estimate of drug-likeness (QED) is 0.761. The van der Waals surface area contributed by atoms with Crippen LogP contribution in [0.1, 0.15) is 36.7 Å². The van der Waals surface area contributed by atoms with Crippen LogP contribution < -0.4 is 4.74 Å². The van der Waals surface area contributed by atoms with Crippen molar-refractivity contribution in [1.82, 2.24) is 0 Å². The molecular formula is C16H23BrO2. The summed E-state index contributed by atoms with van der Waals surface area (Å²) in [5.74, 6) is 1.97. The molecule has 106 valence electrons. The second-order valence-electron chi connectivity index (χ2n) is 5.61. The van der Waals surface area contributed by atoms with E-state index in [0.29, 0.717) is 22.8 Å². The average Bonchev–Trinajstić information content (AvgIpc) is 2.62. The summed E-state index contributed by atoms with van der Waals surface area (Å²) in [6.45, 7) is 8.77. The molecule has 0 aliphatic carbocycles. The molecule has 0 amide bonds. The van der Waals surface area contributed by atoms with Gasteiger partial charge in [0.25, 0.3) is 0 Å². The van der Waals surface area contributed by atoms with Crippen molar-refractivity contribution in [3.8, 4) is 5.75 Å². The van der Waals surface area contributed by atoms with E-state index >= 15 is 0 Å². The van der Waals surface area contributed by atoms with E-state index in [-0.39, 0.29) is 6.10 Å². The largest absolute Gasteiger partial charge is 0.497 e. The highest BCUT2D eigenvalue weighted by atomic mass is 79.9. The van der Waals surface area contributed by atoms with Gasteiger partial charge in [-0.2, -0.15) is 0 Å². The smallest absolute Gasteiger partial charge is 0.119 e. The molecule has 0 radical (unpaired) electrons. The lowest BCUT2D eigenvalue weighted by atomic mass is 9.83. The van der Waals surface area contributed by atoms with Crippen LogP contribution in [0, 0.1) is 18.8 Å². The Balaban J connectivity index is 2.26. The summed E-state index contributed by atoms with van der Waals surface area (Å²) >= 11 is 3.90. The minimum atomic E-state index is 0.288. The molecule has 1 aromatic carbocycles. The number of aryl methyl sites for hydroxylation is 1. The molecule has 3 heteroatoms. The van der Waals surface area contributed by atoms with Crippen LogP contribution in [-0.2, 0) is 4.74 Å². The van der Waals surface area contributed by atoms with Crippen molar-refractivity contribution < 1.29 is 9.47 Å². The molecule has 2 nitrogen and oxygen atoms in total. The van der Waals surface area contributed by atoms with E-state index in [9.17, 15) is 0 Å². The Hall–Kier alpha value is -0.540. The third-order valence-electron chi connectivity index (χ3n) is 4.43. The summed E-state index contributed by atoms with van der Waals surface area (Å²) in [7, 11) is 1.71. The van der Waals surface area contributed by atoms with E-state index < -0.39 is 0 Å². The second kappa shape index (κ2) is 5.84. The maximum absolute atomic E-state index is 5.96. The first-order valence-electron chi connectivity index (χ1n) is 6.89. The van der Waals surface area contributed by atoms with Gasteiger partial charge in [-0.25, -0.2) is 0 Å². The van der Waals surface area contributed by atoms with Gasteiger partial charge >= 0.3 is 0 Å². The SMILES string of the molecule is COc1ccc(C(Br)C2C(C)OC(C)C2C)c(C)c1. The Bertz CT molecular complexity index is 446.